The van der Waals surface area contributed by atoms with Gasteiger partial charge in [0.15, 0.2) is 0 Å². The molecule has 7 heteroatoms. The number of nitrogens with one attached hydrogen (secondary N) is 1. The predicted octanol–water partition coefficient (Wildman–Crippen LogP) is 3.42. The molecule has 6 nitrogen and oxygen atoms in total. The molecule has 2 aromatic carbocycles. The van der Waals surface area contributed by atoms with Gasteiger partial charge in [0.2, 0.25) is 0 Å². The second-order valence-corrected chi connectivity index (χ2v) is 6.78. The normalized spacial score (nSPS) is 10.4. The van der Waals surface area contributed by atoms with Crippen molar-refractivity contribution in [3.63, 3.8) is 0 Å². The van der Waals surface area contributed by atoms with Crippen LogP contribution in [0.25, 0.3) is 5.69 Å². The van der Waals surface area contributed by atoms with Gasteiger partial charge in [0.05, 0.1) is 23.1 Å². The van der Waals surface area contributed by atoms with Gasteiger partial charge in [-0.2, -0.15) is 5.10 Å². The van der Waals surface area contributed by atoms with Gasteiger partial charge in [-0.3, -0.25) is 9.59 Å². The lowest BCUT2D eigenvalue weighted by atomic mass is 10.2. The average Bonchev–Trinajstić information content (AvgIpc) is 3.07. The molecule has 1 heterocycles. The third kappa shape index (κ3) is 4.83. The lowest BCUT2D eigenvalue weighted by Crippen LogP contribution is -2.30. The van der Waals surface area contributed by atoms with Crippen molar-refractivity contribution in [1.29, 1.82) is 0 Å². The number of hydrogen-bond acceptors (Lipinski definition) is 4. The summed E-state index contributed by atoms with van der Waals surface area (Å²) >= 11 is 3.39. The van der Waals surface area contributed by atoms with E-state index in [1.165, 1.54) is 6.20 Å². The number of benzene rings is 2. The van der Waals surface area contributed by atoms with Crippen LogP contribution in [0.15, 0.2) is 65.3 Å². The van der Waals surface area contributed by atoms with Crippen LogP contribution < -0.4 is 5.32 Å². The van der Waals surface area contributed by atoms with Crippen LogP contribution >= 0.6 is 15.9 Å². The van der Waals surface area contributed by atoms with Crippen molar-refractivity contribution in [2.45, 2.75) is 13.5 Å². The number of hydrogen-bond donors (Lipinski definition) is 1. The molecule has 3 aromatic rings. The highest BCUT2D eigenvalue weighted by molar-refractivity contribution is 9.10. The number of aromatic nitrogens is 2. The van der Waals surface area contributed by atoms with Gasteiger partial charge in [-0.15, -0.1) is 0 Å². The van der Waals surface area contributed by atoms with Crippen molar-refractivity contribution in [2.75, 3.05) is 6.54 Å². The van der Waals surface area contributed by atoms with E-state index in [2.05, 4.69) is 26.3 Å². The average molecular weight is 428 g/mol. The fraction of sp³-hybridized carbons (Fsp3) is 0.150. The number of esters is 1. The van der Waals surface area contributed by atoms with Gasteiger partial charge in [-0.05, 0) is 36.8 Å². The second kappa shape index (κ2) is 8.64. The number of ether oxygens (including phenoxy) is 1. The van der Waals surface area contributed by atoms with E-state index >= 15 is 0 Å². The summed E-state index contributed by atoms with van der Waals surface area (Å²) < 4.78 is 7.79. The Labute approximate surface area is 165 Å². The van der Waals surface area contributed by atoms with Crippen LogP contribution in [0.5, 0.6) is 0 Å². The van der Waals surface area contributed by atoms with E-state index in [0.717, 1.165) is 15.7 Å². The molecule has 1 amide bonds. The zero-order chi connectivity index (χ0) is 19.2. The molecule has 1 N–H and O–H groups in total. The van der Waals surface area contributed by atoms with Gasteiger partial charge < -0.3 is 10.1 Å². The number of halogens is 1. The van der Waals surface area contributed by atoms with E-state index in [1.54, 1.807) is 11.6 Å². The van der Waals surface area contributed by atoms with E-state index < -0.39 is 5.97 Å². The van der Waals surface area contributed by atoms with Crippen molar-refractivity contribution in [1.82, 2.24) is 15.1 Å². The molecule has 0 aliphatic carbocycles. The van der Waals surface area contributed by atoms with E-state index in [-0.39, 0.29) is 19.1 Å². The van der Waals surface area contributed by atoms with Crippen molar-refractivity contribution in [3.05, 3.63) is 82.1 Å². The molecular weight excluding hydrogens is 410 g/mol. The van der Waals surface area contributed by atoms with E-state index in [0.29, 0.717) is 11.3 Å². The lowest BCUT2D eigenvalue weighted by Gasteiger charge is -2.07. The summed E-state index contributed by atoms with van der Waals surface area (Å²) in [5.74, 6) is -0.863. The number of carbonyl (C=O) groups is 2. The van der Waals surface area contributed by atoms with E-state index in [4.69, 9.17) is 4.74 Å². The minimum Gasteiger partial charge on any atom is -0.460 e. The van der Waals surface area contributed by atoms with Crippen LogP contribution in [0.2, 0.25) is 0 Å². The van der Waals surface area contributed by atoms with Gasteiger partial charge in [-0.25, -0.2) is 4.68 Å². The SMILES string of the molecule is Cc1c(C(=O)NCC(=O)OCc2ccccc2)cnn1-c1ccc(Br)cc1. The standard InChI is InChI=1S/C20H18BrN3O3/c1-14-18(11-23-24(14)17-9-7-16(21)8-10-17)20(26)22-12-19(25)27-13-15-5-3-2-4-6-15/h2-11H,12-13H2,1H3,(H,22,26). The quantitative estimate of drug-likeness (QED) is 0.611. The van der Waals surface area contributed by atoms with Crippen molar-refractivity contribution in [2.24, 2.45) is 0 Å². The molecule has 138 valence electrons. The Bertz CT molecular complexity index is 937. The van der Waals surface area contributed by atoms with E-state index in [1.807, 2.05) is 54.6 Å². The fourth-order valence-electron chi connectivity index (χ4n) is 2.51. The number of carbonyl (C=O) groups excluding carboxylic acids is 2. The third-order valence-electron chi connectivity index (χ3n) is 3.96. The molecule has 0 fully saturated rings. The molecule has 0 aliphatic rings. The summed E-state index contributed by atoms with van der Waals surface area (Å²) in [6.07, 6.45) is 1.49. The highest BCUT2D eigenvalue weighted by atomic mass is 79.9. The van der Waals surface area contributed by atoms with Crippen molar-refractivity contribution >= 4 is 27.8 Å². The van der Waals surface area contributed by atoms with Crippen LogP contribution in [0.4, 0.5) is 0 Å². The smallest absolute Gasteiger partial charge is 0.325 e. The topological polar surface area (TPSA) is 73.2 Å². The van der Waals surface area contributed by atoms with Crippen LogP contribution in [0, 0.1) is 6.92 Å². The minimum atomic E-state index is -0.495. The Balaban J connectivity index is 1.57. The number of nitrogens with zero attached hydrogens (tertiary/aromatic N) is 2. The van der Waals surface area contributed by atoms with Gasteiger partial charge in [0.1, 0.15) is 13.2 Å². The largest absolute Gasteiger partial charge is 0.460 e. The van der Waals surface area contributed by atoms with Gasteiger partial charge >= 0.3 is 5.97 Å². The summed E-state index contributed by atoms with van der Waals surface area (Å²) in [7, 11) is 0. The Hall–Kier alpha value is -2.93. The van der Waals surface area contributed by atoms with Gasteiger partial charge in [0.25, 0.3) is 5.91 Å². The van der Waals surface area contributed by atoms with Gasteiger partial charge in [0, 0.05) is 4.47 Å². The maximum atomic E-state index is 12.4. The zero-order valence-corrected chi connectivity index (χ0v) is 16.3. The van der Waals surface area contributed by atoms with Crippen LogP contribution in [0.3, 0.4) is 0 Å². The fourth-order valence-corrected chi connectivity index (χ4v) is 2.78. The number of amides is 1. The summed E-state index contributed by atoms with van der Waals surface area (Å²) in [4.78, 5) is 24.2. The van der Waals surface area contributed by atoms with Crippen LogP contribution in [-0.4, -0.2) is 28.2 Å². The molecule has 0 saturated heterocycles. The zero-order valence-electron chi connectivity index (χ0n) is 14.7. The lowest BCUT2D eigenvalue weighted by molar-refractivity contribution is -0.143. The first-order chi connectivity index (χ1) is 13.0. The molecule has 27 heavy (non-hydrogen) atoms. The van der Waals surface area contributed by atoms with E-state index in [9.17, 15) is 9.59 Å². The summed E-state index contributed by atoms with van der Waals surface area (Å²) in [6.45, 7) is 1.78. The van der Waals surface area contributed by atoms with Gasteiger partial charge in [-0.1, -0.05) is 46.3 Å². The maximum Gasteiger partial charge on any atom is 0.325 e. The Morgan fingerprint density at radius 3 is 2.52 bits per heavy atom. The summed E-state index contributed by atoms with van der Waals surface area (Å²) in [6, 6.07) is 17.0. The third-order valence-corrected chi connectivity index (χ3v) is 4.49. The highest BCUT2D eigenvalue weighted by Gasteiger charge is 2.16. The monoisotopic (exact) mass is 427 g/mol. The molecule has 0 unspecified atom stereocenters. The Morgan fingerprint density at radius 2 is 1.81 bits per heavy atom. The Morgan fingerprint density at radius 1 is 1.11 bits per heavy atom. The minimum absolute atomic E-state index is 0.177. The van der Waals surface area contributed by atoms with Crippen LogP contribution in [-0.2, 0) is 16.1 Å². The maximum absolute atomic E-state index is 12.4. The first-order valence-electron chi connectivity index (χ1n) is 8.33. The first kappa shape index (κ1) is 18.8. The first-order valence-corrected chi connectivity index (χ1v) is 9.12. The van der Waals surface area contributed by atoms with Crippen molar-refractivity contribution in [3.8, 4) is 5.69 Å². The van der Waals surface area contributed by atoms with Crippen molar-refractivity contribution < 1.29 is 14.3 Å². The molecule has 3 rings (SSSR count). The molecular formula is C20H18BrN3O3. The summed E-state index contributed by atoms with van der Waals surface area (Å²) in [5.41, 5.74) is 2.84. The molecule has 0 aliphatic heterocycles. The number of rotatable bonds is 6. The predicted molar refractivity (Wildman–Crippen MR) is 105 cm³/mol. The molecule has 1 aromatic heterocycles. The summed E-state index contributed by atoms with van der Waals surface area (Å²) in [5, 5.41) is 6.84. The second-order valence-electron chi connectivity index (χ2n) is 5.86. The molecule has 0 radical (unpaired) electrons. The van der Waals surface area contributed by atoms with Crippen LogP contribution in [0.1, 0.15) is 21.6 Å². The molecule has 0 saturated carbocycles. The molecule has 0 atom stereocenters. The molecule has 0 spiro atoms. The highest BCUT2D eigenvalue weighted by Crippen LogP contribution is 2.17. The molecule has 0 bridgehead atoms. The Kier molecular flexibility index (Phi) is 6.03.